The monoisotopic (exact) mass is 261 g/mol. The molecule has 0 saturated carbocycles. The third-order valence-corrected chi connectivity index (χ3v) is 4.22. The highest BCUT2D eigenvalue weighted by Crippen LogP contribution is 2.28. The van der Waals surface area contributed by atoms with Gasteiger partial charge in [-0.2, -0.15) is 0 Å². The molecule has 18 heavy (non-hydrogen) atoms. The molecule has 94 valence electrons. The molecule has 0 radical (unpaired) electrons. The molecule has 0 spiro atoms. The summed E-state index contributed by atoms with van der Waals surface area (Å²) in [5.41, 5.74) is 2.22. The van der Waals surface area contributed by atoms with Crippen molar-refractivity contribution in [1.82, 2.24) is 9.88 Å². The Morgan fingerprint density at radius 2 is 2.33 bits per heavy atom. The number of amides is 1. The zero-order chi connectivity index (χ0) is 12.7. The highest BCUT2D eigenvalue weighted by atomic mass is 32.1. The van der Waals surface area contributed by atoms with Crippen molar-refractivity contribution in [2.75, 3.05) is 18.9 Å². The number of likely N-dealkylation sites (tertiary alicyclic amines) is 1. The van der Waals surface area contributed by atoms with Crippen LogP contribution in [0.25, 0.3) is 10.2 Å². The van der Waals surface area contributed by atoms with E-state index in [1.807, 2.05) is 13.1 Å². The first-order valence-corrected chi connectivity index (χ1v) is 6.84. The minimum atomic E-state index is -0.114. The van der Waals surface area contributed by atoms with E-state index in [1.165, 1.54) is 5.56 Å². The highest BCUT2D eigenvalue weighted by molar-refractivity contribution is 7.22. The SMILES string of the molecule is Cc1ccc2nc(NC3CCN(C)C3=O)sc2c1. The molecule has 2 heterocycles. The number of thiazole rings is 1. The van der Waals surface area contributed by atoms with Gasteiger partial charge >= 0.3 is 0 Å². The van der Waals surface area contributed by atoms with E-state index in [2.05, 4.69) is 29.4 Å². The first-order valence-electron chi connectivity index (χ1n) is 6.02. The summed E-state index contributed by atoms with van der Waals surface area (Å²) in [5.74, 6) is 0.158. The number of aryl methyl sites for hydroxylation is 1. The second-order valence-electron chi connectivity index (χ2n) is 4.74. The molecule has 1 saturated heterocycles. The van der Waals surface area contributed by atoms with Crippen LogP contribution in [0.3, 0.4) is 0 Å². The minimum absolute atomic E-state index is 0.114. The fraction of sp³-hybridized carbons (Fsp3) is 0.385. The third-order valence-electron chi connectivity index (χ3n) is 3.27. The quantitative estimate of drug-likeness (QED) is 0.902. The number of nitrogens with one attached hydrogen (secondary N) is 1. The standard InChI is InChI=1S/C13H15N3OS/c1-8-3-4-9-11(7-8)18-13(14-9)15-10-5-6-16(2)12(10)17/h3-4,7,10H,5-6H2,1-2H3,(H,14,15). The van der Waals surface area contributed by atoms with Gasteiger partial charge in [0.05, 0.1) is 10.2 Å². The van der Waals surface area contributed by atoms with E-state index < -0.39 is 0 Å². The number of aromatic nitrogens is 1. The molecular formula is C13H15N3OS. The maximum atomic E-state index is 11.8. The fourth-order valence-electron chi connectivity index (χ4n) is 2.20. The lowest BCUT2D eigenvalue weighted by molar-refractivity contribution is -0.127. The van der Waals surface area contributed by atoms with E-state index >= 15 is 0 Å². The summed E-state index contributed by atoms with van der Waals surface area (Å²) < 4.78 is 1.16. The molecule has 5 heteroatoms. The molecule has 1 amide bonds. The summed E-state index contributed by atoms with van der Waals surface area (Å²) in [6.45, 7) is 2.89. The van der Waals surface area contributed by atoms with Gasteiger partial charge in [0.25, 0.3) is 0 Å². The Hall–Kier alpha value is -1.62. The van der Waals surface area contributed by atoms with E-state index in [0.29, 0.717) is 0 Å². The maximum absolute atomic E-state index is 11.8. The van der Waals surface area contributed by atoms with Crippen LogP contribution >= 0.6 is 11.3 Å². The van der Waals surface area contributed by atoms with E-state index in [-0.39, 0.29) is 11.9 Å². The average Bonchev–Trinajstić information content (AvgIpc) is 2.86. The molecule has 2 aromatic rings. The van der Waals surface area contributed by atoms with Gasteiger partial charge in [0, 0.05) is 13.6 Å². The van der Waals surface area contributed by atoms with Crippen molar-refractivity contribution in [1.29, 1.82) is 0 Å². The van der Waals surface area contributed by atoms with Crippen molar-refractivity contribution in [2.45, 2.75) is 19.4 Å². The van der Waals surface area contributed by atoms with Crippen LogP contribution < -0.4 is 5.32 Å². The highest BCUT2D eigenvalue weighted by Gasteiger charge is 2.29. The molecule has 1 aliphatic heterocycles. The van der Waals surface area contributed by atoms with Crippen molar-refractivity contribution >= 4 is 32.6 Å². The number of hydrogen-bond acceptors (Lipinski definition) is 4. The molecule has 0 aliphatic carbocycles. The molecule has 4 nitrogen and oxygen atoms in total. The molecule has 1 unspecified atom stereocenters. The number of benzene rings is 1. The molecule has 1 fully saturated rings. The number of anilines is 1. The number of nitrogens with zero attached hydrogens (tertiary/aromatic N) is 2. The first-order chi connectivity index (χ1) is 8.63. The summed E-state index contributed by atoms with van der Waals surface area (Å²) in [5, 5.41) is 4.08. The molecule has 1 atom stereocenters. The van der Waals surface area contributed by atoms with Crippen LogP contribution in [-0.4, -0.2) is 35.4 Å². The maximum Gasteiger partial charge on any atom is 0.244 e. The van der Waals surface area contributed by atoms with Crippen LogP contribution in [0.5, 0.6) is 0 Å². The number of hydrogen-bond donors (Lipinski definition) is 1. The summed E-state index contributed by atoms with van der Waals surface area (Å²) in [6.07, 6.45) is 0.851. The van der Waals surface area contributed by atoms with Crippen molar-refractivity contribution < 1.29 is 4.79 Å². The normalized spacial score (nSPS) is 19.8. The van der Waals surface area contributed by atoms with Gasteiger partial charge in [-0.1, -0.05) is 17.4 Å². The zero-order valence-electron chi connectivity index (χ0n) is 10.4. The van der Waals surface area contributed by atoms with Crippen LogP contribution in [0, 0.1) is 6.92 Å². The van der Waals surface area contributed by atoms with E-state index in [1.54, 1.807) is 16.2 Å². The van der Waals surface area contributed by atoms with Crippen molar-refractivity contribution in [3.63, 3.8) is 0 Å². The van der Waals surface area contributed by atoms with Gasteiger partial charge < -0.3 is 10.2 Å². The van der Waals surface area contributed by atoms with Gasteiger partial charge in [0.15, 0.2) is 5.13 Å². The number of fused-ring (bicyclic) bond motifs is 1. The van der Waals surface area contributed by atoms with Gasteiger partial charge in [-0.3, -0.25) is 4.79 Å². The Kier molecular flexibility index (Phi) is 2.70. The average molecular weight is 261 g/mol. The lowest BCUT2D eigenvalue weighted by atomic mass is 10.2. The van der Waals surface area contributed by atoms with E-state index in [9.17, 15) is 4.79 Å². The molecular weight excluding hydrogens is 246 g/mol. The predicted octanol–water partition coefficient (Wildman–Crippen LogP) is 2.25. The summed E-state index contributed by atoms with van der Waals surface area (Å²) in [7, 11) is 1.84. The van der Waals surface area contributed by atoms with Crippen LogP contribution in [0.2, 0.25) is 0 Å². The Bertz CT molecular complexity index is 607. The molecule has 0 bridgehead atoms. The Balaban J connectivity index is 1.85. The van der Waals surface area contributed by atoms with Crippen LogP contribution in [-0.2, 0) is 4.79 Å². The third kappa shape index (κ3) is 1.95. The van der Waals surface area contributed by atoms with E-state index in [4.69, 9.17) is 0 Å². The zero-order valence-corrected chi connectivity index (χ0v) is 11.3. The van der Waals surface area contributed by atoms with E-state index in [0.717, 1.165) is 28.3 Å². The van der Waals surface area contributed by atoms with Crippen LogP contribution in [0.1, 0.15) is 12.0 Å². The van der Waals surface area contributed by atoms with Gasteiger partial charge in [-0.15, -0.1) is 0 Å². The Morgan fingerprint density at radius 1 is 1.50 bits per heavy atom. The summed E-state index contributed by atoms with van der Waals surface area (Å²) >= 11 is 1.61. The van der Waals surface area contributed by atoms with Gasteiger partial charge in [0.1, 0.15) is 6.04 Å². The van der Waals surface area contributed by atoms with Crippen LogP contribution in [0.4, 0.5) is 5.13 Å². The molecule has 3 rings (SSSR count). The first kappa shape index (κ1) is 11.5. The van der Waals surface area contributed by atoms with Gasteiger partial charge in [0.2, 0.25) is 5.91 Å². The largest absolute Gasteiger partial charge is 0.350 e. The number of carbonyl (C=O) groups excluding carboxylic acids is 1. The predicted molar refractivity (Wildman–Crippen MR) is 74.0 cm³/mol. The molecule has 1 aromatic heterocycles. The van der Waals surface area contributed by atoms with Crippen molar-refractivity contribution in [3.05, 3.63) is 23.8 Å². The Labute approximate surface area is 110 Å². The number of carbonyl (C=O) groups is 1. The fourth-order valence-corrected chi connectivity index (χ4v) is 3.22. The second-order valence-corrected chi connectivity index (χ2v) is 5.77. The van der Waals surface area contributed by atoms with Crippen molar-refractivity contribution in [3.8, 4) is 0 Å². The second kappa shape index (κ2) is 4.24. The Morgan fingerprint density at radius 3 is 3.06 bits per heavy atom. The van der Waals surface area contributed by atoms with Gasteiger partial charge in [-0.25, -0.2) is 4.98 Å². The number of likely N-dealkylation sites (N-methyl/N-ethyl adjacent to an activating group) is 1. The summed E-state index contributed by atoms with van der Waals surface area (Å²) in [4.78, 5) is 18.1. The molecule has 1 aromatic carbocycles. The number of rotatable bonds is 2. The lowest BCUT2D eigenvalue weighted by Crippen LogP contribution is -2.30. The summed E-state index contributed by atoms with van der Waals surface area (Å²) in [6, 6.07) is 6.09. The van der Waals surface area contributed by atoms with Crippen molar-refractivity contribution in [2.24, 2.45) is 0 Å². The lowest BCUT2D eigenvalue weighted by Gasteiger charge is -2.10. The van der Waals surface area contributed by atoms with Crippen LogP contribution in [0.15, 0.2) is 18.2 Å². The molecule has 1 N–H and O–H groups in total. The molecule has 1 aliphatic rings. The smallest absolute Gasteiger partial charge is 0.244 e. The van der Waals surface area contributed by atoms with Gasteiger partial charge in [-0.05, 0) is 31.0 Å². The minimum Gasteiger partial charge on any atom is -0.350 e. The topological polar surface area (TPSA) is 45.2 Å².